The van der Waals surface area contributed by atoms with Gasteiger partial charge in [0.05, 0.1) is 8.04 Å². The summed E-state index contributed by atoms with van der Waals surface area (Å²) in [4.78, 5) is 0. The molecule has 0 aliphatic heterocycles. The van der Waals surface area contributed by atoms with Gasteiger partial charge in [-0.2, -0.15) is 0 Å². The van der Waals surface area contributed by atoms with Crippen molar-refractivity contribution in [1.82, 2.24) is 0 Å². The molecule has 1 aromatic carbocycles. The van der Waals surface area contributed by atoms with Crippen LogP contribution in [0.25, 0.3) is 0 Å². The molecule has 0 N–H and O–H groups in total. The van der Waals surface area contributed by atoms with E-state index < -0.39 is 0 Å². The maximum Gasteiger partial charge on any atom is 0.150 e. The molecule has 0 saturated heterocycles. The molecule has 0 heterocycles. The highest BCUT2D eigenvalue weighted by molar-refractivity contribution is 14.1. The predicted molar refractivity (Wildman–Crippen MR) is 60.9 cm³/mol. The van der Waals surface area contributed by atoms with Crippen LogP contribution in [-0.4, -0.2) is 0 Å². The number of benzene rings is 1. The highest BCUT2D eigenvalue weighted by Crippen LogP contribution is 2.26. The standard InChI is InChI=1S/C9H9BrFI/c1-5(2)6-3-7(10)9(11)8(12)4-6/h3-5H,1-2H3. The molecule has 0 aromatic heterocycles. The summed E-state index contributed by atoms with van der Waals surface area (Å²) in [6.45, 7) is 4.19. The highest BCUT2D eigenvalue weighted by Gasteiger charge is 2.08. The van der Waals surface area contributed by atoms with Gasteiger partial charge in [0.15, 0.2) is 5.82 Å². The van der Waals surface area contributed by atoms with Crippen LogP contribution < -0.4 is 0 Å². The Balaban J connectivity index is 3.21. The minimum Gasteiger partial charge on any atom is -0.205 e. The van der Waals surface area contributed by atoms with Crippen LogP contribution in [0.15, 0.2) is 16.6 Å². The van der Waals surface area contributed by atoms with Crippen LogP contribution in [0.4, 0.5) is 4.39 Å². The third kappa shape index (κ3) is 2.19. The van der Waals surface area contributed by atoms with E-state index in [1.807, 2.05) is 34.7 Å². The zero-order valence-corrected chi connectivity index (χ0v) is 10.6. The Hall–Kier alpha value is 0.360. The van der Waals surface area contributed by atoms with Gasteiger partial charge in [0.2, 0.25) is 0 Å². The SMILES string of the molecule is CC(C)c1cc(Br)c(F)c(I)c1. The van der Waals surface area contributed by atoms with Gasteiger partial charge in [0, 0.05) is 0 Å². The van der Waals surface area contributed by atoms with E-state index in [1.54, 1.807) is 0 Å². The van der Waals surface area contributed by atoms with Gasteiger partial charge in [-0.25, -0.2) is 4.39 Å². The van der Waals surface area contributed by atoms with Crippen LogP contribution >= 0.6 is 38.5 Å². The van der Waals surface area contributed by atoms with E-state index in [0.29, 0.717) is 14.0 Å². The quantitative estimate of drug-likeness (QED) is 0.527. The third-order valence-electron chi connectivity index (χ3n) is 1.67. The molecule has 66 valence electrons. The van der Waals surface area contributed by atoms with Crippen molar-refractivity contribution in [3.63, 3.8) is 0 Å². The number of hydrogen-bond acceptors (Lipinski definition) is 0. The van der Waals surface area contributed by atoms with Crippen LogP contribution in [0.2, 0.25) is 0 Å². The molecular weight excluding hydrogens is 334 g/mol. The van der Waals surface area contributed by atoms with E-state index in [0.717, 1.165) is 5.56 Å². The molecule has 0 atom stereocenters. The Morgan fingerprint density at radius 1 is 1.42 bits per heavy atom. The number of rotatable bonds is 1. The predicted octanol–water partition coefficient (Wildman–Crippen LogP) is 4.32. The van der Waals surface area contributed by atoms with Crippen molar-refractivity contribution in [3.05, 3.63) is 31.6 Å². The van der Waals surface area contributed by atoms with Gasteiger partial charge in [-0.15, -0.1) is 0 Å². The zero-order chi connectivity index (χ0) is 9.30. The van der Waals surface area contributed by atoms with E-state index in [9.17, 15) is 4.39 Å². The molecule has 0 saturated carbocycles. The topological polar surface area (TPSA) is 0 Å². The number of hydrogen-bond donors (Lipinski definition) is 0. The van der Waals surface area contributed by atoms with Crippen molar-refractivity contribution >= 4 is 38.5 Å². The summed E-state index contributed by atoms with van der Waals surface area (Å²) in [7, 11) is 0. The van der Waals surface area contributed by atoms with E-state index in [4.69, 9.17) is 0 Å². The van der Waals surface area contributed by atoms with Crippen molar-refractivity contribution < 1.29 is 4.39 Å². The molecule has 0 radical (unpaired) electrons. The van der Waals surface area contributed by atoms with Crippen molar-refractivity contribution in [2.45, 2.75) is 19.8 Å². The van der Waals surface area contributed by atoms with E-state index in [1.165, 1.54) is 0 Å². The summed E-state index contributed by atoms with van der Waals surface area (Å²) in [6, 6.07) is 3.72. The molecule has 0 spiro atoms. The minimum absolute atomic E-state index is 0.167. The Morgan fingerprint density at radius 3 is 2.42 bits per heavy atom. The lowest BCUT2D eigenvalue weighted by atomic mass is 10.0. The molecule has 0 aliphatic rings. The van der Waals surface area contributed by atoms with Crippen molar-refractivity contribution in [2.75, 3.05) is 0 Å². The molecule has 0 aliphatic carbocycles. The lowest BCUT2D eigenvalue weighted by molar-refractivity contribution is 0.611. The Labute approximate surface area is 93.8 Å². The number of halogens is 3. The first-order valence-corrected chi connectivity index (χ1v) is 5.54. The zero-order valence-electron chi connectivity index (χ0n) is 6.87. The van der Waals surface area contributed by atoms with Gasteiger partial charge >= 0.3 is 0 Å². The average Bonchev–Trinajstić information content (AvgIpc) is 1.99. The summed E-state index contributed by atoms with van der Waals surface area (Å²) in [6.07, 6.45) is 0. The Kier molecular flexibility index (Phi) is 3.52. The first-order chi connectivity index (χ1) is 5.52. The fourth-order valence-corrected chi connectivity index (χ4v) is 2.41. The molecule has 1 aromatic rings. The lowest BCUT2D eigenvalue weighted by Crippen LogP contribution is -1.92. The largest absolute Gasteiger partial charge is 0.205 e. The molecule has 0 unspecified atom stereocenters. The van der Waals surface area contributed by atoms with E-state index in [2.05, 4.69) is 29.8 Å². The molecule has 0 nitrogen and oxygen atoms in total. The van der Waals surface area contributed by atoms with Gasteiger partial charge < -0.3 is 0 Å². The average molecular weight is 343 g/mol. The summed E-state index contributed by atoms with van der Waals surface area (Å²) in [5, 5.41) is 0. The van der Waals surface area contributed by atoms with E-state index >= 15 is 0 Å². The molecule has 0 amide bonds. The second kappa shape index (κ2) is 4.05. The minimum atomic E-state index is -0.167. The smallest absolute Gasteiger partial charge is 0.150 e. The van der Waals surface area contributed by atoms with Gasteiger partial charge in [0.1, 0.15) is 0 Å². The Morgan fingerprint density at radius 2 is 2.00 bits per heavy atom. The summed E-state index contributed by atoms with van der Waals surface area (Å²) in [5.74, 6) is 0.274. The molecule has 1 rings (SSSR count). The third-order valence-corrected chi connectivity index (χ3v) is 3.03. The second-order valence-electron chi connectivity index (χ2n) is 2.95. The van der Waals surface area contributed by atoms with Crippen LogP contribution in [-0.2, 0) is 0 Å². The fourth-order valence-electron chi connectivity index (χ4n) is 0.908. The van der Waals surface area contributed by atoms with Gasteiger partial charge in [-0.05, 0) is 62.1 Å². The maximum atomic E-state index is 13.1. The Bertz CT molecular complexity index is 274. The summed E-state index contributed by atoms with van der Waals surface area (Å²) in [5.41, 5.74) is 1.16. The first-order valence-electron chi connectivity index (χ1n) is 3.67. The normalized spacial score (nSPS) is 10.8. The molecular formula is C9H9BrFI. The van der Waals surface area contributed by atoms with Crippen LogP contribution in [0, 0.1) is 9.39 Å². The maximum absolute atomic E-state index is 13.1. The van der Waals surface area contributed by atoms with Crippen LogP contribution in [0.3, 0.4) is 0 Å². The van der Waals surface area contributed by atoms with Crippen molar-refractivity contribution in [2.24, 2.45) is 0 Å². The molecule has 12 heavy (non-hydrogen) atoms. The molecule has 3 heteroatoms. The van der Waals surface area contributed by atoms with Crippen LogP contribution in [0.1, 0.15) is 25.3 Å². The summed E-state index contributed by atoms with van der Waals surface area (Å²) >= 11 is 5.19. The summed E-state index contributed by atoms with van der Waals surface area (Å²) < 4.78 is 14.3. The van der Waals surface area contributed by atoms with Gasteiger partial charge in [0.25, 0.3) is 0 Å². The molecule has 0 bridgehead atoms. The van der Waals surface area contributed by atoms with Gasteiger partial charge in [-0.3, -0.25) is 0 Å². The van der Waals surface area contributed by atoms with Crippen molar-refractivity contribution in [3.8, 4) is 0 Å². The fraction of sp³-hybridized carbons (Fsp3) is 0.333. The second-order valence-corrected chi connectivity index (χ2v) is 4.97. The highest BCUT2D eigenvalue weighted by atomic mass is 127. The van der Waals surface area contributed by atoms with Crippen LogP contribution in [0.5, 0.6) is 0 Å². The monoisotopic (exact) mass is 342 g/mol. The molecule has 0 fully saturated rings. The van der Waals surface area contributed by atoms with E-state index in [-0.39, 0.29) is 5.82 Å². The van der Waals surface area contributed by atoms with Gasteiger partial charge in [-0.1, -0.05) is 13.8 Å². The van der Waals surface area contributed by atoms with Crippen molar-refractivity contribution in [1.29, 1.82) is 0 Å². The lowest BCUT2D eigenvalue weighted by Gasteiger charge is -2.07. The first kappa shape index (κ1) is 10.4.